The van der Waals surface area contributed by atoms with E-state index >= 15 is 0 Å². The van der Waals surface area contributed by atoms with E-state index in [0.717, 1.165) is 0 Å². The molecule has 0 bridgehead atoms. The van der Waals surface area contributed by atoms with Crippen molar-refractivity contribution in [1.29, 1.82) is 0 Å². The summed E-state index contributed by atoms with van der Waals surface area (Å²) in [5, 5.41) is 3.88. The minimum Gasteiger partial charge on any atom is -0.106 e. The molecule has 0 saturated carbocycles. The van der Waals surface area contributed by atoms with E-state index < -0.39 is 0 Å². The average molecular weight is 174 g/mol. The molecular weight excluding hydrogens is 163 g/mol. The summed E-state index contributed by atoms with van der Waals surface area (Å²) in [7, 11) is 2.72. The zero-order valence-electron chi connectivity index (χ0n) is 7.04. The van der Waals surface area contributed by atoms with Crippen molar-refractivity contribution in [2.24, 2.45) is 0 Å². The van der Waals surface area contributed by atoms with Crippen molar-refractivity contribution in [2.45, 2.75) is 6.92 Å². The maximum absolute atomic E-state index is 2.72. The third-order valence-electron chi connectivity index (χ3n) is 2.02. The van der Waals surface area contributed by atoms with Crippen LogP contribution in [0, 0.1) is 6.92 Å². The number of fused-ring (bicyclic) bond motifs is 1. The Balaban J connectivity index is 2.80. The first-order valence-electron chi connectivity index (χ1n) is 4.01. The molecule has 2 aromatic rings. The first kappa shape index (κ1) is 7.76. The standard InChI is InChI=1S/C11H11P/c1-8-2-3-9-4-5-11(12)7-10(9)6-8/h2-7H,12H2,1H3. The number of hydrogen-bond donors (Lipinski definition) is 0. The van der Waals surface area contributed by atoms with Gasteiger partial charge in [-0.05, 0) is 29.1 Å². The van der Waals surface area contributed by atoms with Gasteiger partial charge in [0.25, 0.3) is 0 Å². The lowest BCUT2D eigenvalue weighted by Gasteiger charge is -1.99. The van der Waals surface area contributed by atoms with Gasteiger partial charge in [0, 0.05) is 0 Å². The van der Waals surface area contributed by atoms with E-state index in [-0.39, 0.29) is 0 Å². The molecule has 0 radical (unpaired) electrons. The molecule has 0 fully saturated rings. The molecule has 0 N–H and O–H groups in total. The van der Waals surface area contributed by atoms with Crippen LogP contribution in [0.3, 0.4) is 0 Å². The second-order valence-corrected chi connectivity index (χ2v) is 3.78. The van der Waals surface area contributed by atoms with Crippen molar-refractivity contribution in [1.82, 2.24) is 0 Å². The second kappa shape index (κ2) is 2.88. The van der Waals surface area contributed by atoms with E-state index in [2.05, 4.69) is 52.6 Å². The SMILES string of the molecule is Cc1ccc2ccc(P)cc2c1. The first-order chi connectivity index (χ1) is 5.75. The first-order valence-corrected chi connectivity index (χ1v) is 4.59. The lowest BCUT2D eigenvalue weighted by atomic mass is 10.1. The van der Waals surface area contributed by atoms with E-state index in [1.54, 1.807) is 0 Å². The van der Waals surface area contributed by atoms with Gasteiger partial charge in [0.15, 0.2) is 0 Å². The van der Waals surface area contributed by atoms with Crippen molar-refractivity contribution in [3.05, 3.63) is 42.0 Å². The van der Waals surface area contributed by atoms with Gasteiger partial charge in [-0.15, -0.1) is 9.24 Å². The van der Waals surface area contributed by atoms with Gasteiger partial charge < -0.3 is 0 Å². The van der Waals surface area contributed by atoms with E-state index in [9.17, 15) is 0 Å². The van der Waals surface area contributed by atoms with Crippen molar-refractivity contribution in [3.63, 3.8) is 0 Å². The van der Waals surface area contributed by atoms with E-state index in [1.165, 1.54) is 21.6 Å². The van der Waals surface area contributed by atoms with Gasteiger partial charge in [-0.1, -0.05) is 35.9 Å². The smallest absolute Gasteiger partial charge is 0.0175 e. The van der Waals surface area contributed by atoms with Crippen LogP contribution in [0.4, 0.5) is 0 Å². The zero-order chi connectivity index (χ0) is 8.55. The maximum Gasteiger partial charge on any atom is -0.0175 e. The largest absolute Gasteiger partial charge is 0.106 e. The normalized spacial score (nSPS) is 10.5. The van der Waals surface area contributed by atoms with E-state index in [1.807, 2.05) is 0 Å². The van der Waals surface area contributed by atoms with Crippen LogP contribution in [-0.2, 0) is 0 Å². The summed E-state index contributed by atoms with van der Waals surface area (Å²) >= 11 is 0. The highest BCUT2D eigenvalue weighted by molar-refractivity contribution is 7.27. The quantitative estimate of drug-likeness (QED) is 0.538. The van der Waals surface area contributed by atoms with Crippen LogP contribution in [0.5, 0.6) is 0 Å². The van der Waals surface area contributed by atoms with Crippen LogP contribution in [0.1, 0.15) is 5.56 Å². The zero-order valence-corrected chi connectivity index (χ0v) is 8.20. The van der Waals surface area contributed by atoms with Crippen LogP contribution < -0.4 is 5.30 Å². The highest BCUT2D eigenvalue weighted by Gasteiger charge is 1.92. The number of aryl methyl sites for hydroxylation is 1. The molecule has 0 amide bonds. The van der Waals surface area contributed by atoms with Crippen molar-refractivity contribution >= 4 is 25.3 Å². The molecule has 0 nitrogen and oxygen atoms in total. The highest BCUT2D eigenvalue weighted by atomic mass is 31.0. The summed E-state index contributed by atoms with van der Waals surface area (Å²) in [6.45, 7) is 2.12. The van der Waals surface area contributed by atoms with Gasteiger partial charge in [0.2, 0.25) is 0 Å². The molecule has 12 heavy (non-hydrogen) atoms. The summed E-state index contributed by atoms with van der Waals surface area (Å²) in [6, 6.07) is 13.0. The molecule has 2 rings (SSSR count). The Kier molecular flexibility index (Phi) is 1.86. The molecule has 0 aliphatic rings. The summed E-state index contributed by atoms with van der Waals surface area (Å²) in [6.07, 6.45) is 0. The fourth-order valence-electron chi connectivity index (χ4n) is 1.38. The summed E-state index contributed by atoms with van der Waals surface area (Å²) in [5.74, 6) is 0. The molecule has 0 aliphatic carbocycles. The molecule has 1 atom stereocenters. The lowest BCUT2D eigenvalue weighted by Crippen LogP contribution is -1.87. The minimum absolute atomic E-state index is 1.24. The molecular formula is C11H11P. The van der Waals surface area contributed by atoms with Crippen LogP contribution in [0.15, 0.2) is 36.4 Å². The third-order valence-corrected chi connectivity index (χ3v) is 2.38. The van der Waals surface area contributed by atoms with Crippen molar-refractivity contribution in [2.75, 3.05) is 0 Å². The van der Waals surface area contributed by atoms with Crippen LogP contribution in [-0.4, -0.2) is 0 Å². The number of rotatable bonds is 0. The van der Waals surface area contributed by atoms with Gasteiger partial charge in [-0.3, -0.25) is 0 Å². The van der Waals surface area contributed by atoms with Gasteiger partial charge in [0.05, 0.1) is 0 Å². The fourth-order valence-corrected chi connectivity index (χ4v) is 1.66. The lowest BCUT2D eigenvalue weighted by molar-refractivity contribution is 1.51. The topological polar surface area (TPSA) is 0 Å². The van der Waals surface area contributed by atoms with Crippen LogP contribution in [0.25, 0.3) is 10.8 Å². The number of benzene rings is 2. The third kappa shape index (κ3) is 1.35. The maximum atomic E-state index is 2.72. The predicted molar refractivity (Wildman–Crippen MR) is 58.0 cm³/mol. The Morgan fingerprint density at radius 1 is 0.917 bits per heavy atom. The molecule has 0 aliphatic heterocycles. The molecule has 2 aromatic carbocycles. The summed E-state index contributed by atoms with van der Waals surface area (Å²) < 4.78 is 0. The van der Waals surface area contributed by atoms with Gasteiger partial charge >= 0.3 is 0 Å². The van der Waals surface area contributed by atoms with Gasteiger partial charge in [-0.2, -0.15) is 0 Å². The number of hydrogen-bond acceptors (Lipinski definition) is 0. The second-order valence-electron chi connectivity index (χ2n) is 3.11. The van der Waals surface area contributed by atoms with Crippen LogP contribution >= 0.6 is 9.24 Å². The Morgan fingerprint density at radius 3 is 2.50 bits per heavy atom. The van der Waals surface area contributed by atoms with Crippen molar-refractivity contribution in [3.8, 4) is 0 Å². The van der Waals surface area contributed by atoms with Gasteiger partial charge in [0.1, 0.15) is 0 Å². The highest BCUT2D eigenvalue weighted by Crippen LogP contribution is 2.14. The minimum atomic E-state index is 1.24. The molecule has 1 heteroatoms. The van der Waals surface area contributed by atoms with E-state index in [4.69, 9.17) is 0 Å². The fraction of sp³-hybridized carbons (Fsp3) is 0.0909. The Hall–Kier alpha value is -0.870. The molecule has 0 spiro atoms. The Bertz CT molecular complexity index is 382. The monoisotopic (exact) mass is 174 g/mol. The molecule has 0 aromatic heterocycles. The van der Waals surface area contributed by atoms with E-state index in [0.29, 0.717) is 0 Å². The van der Waals surface area contributed by atoms with Crippen LogP contribution in [0.2, 0.25) is 0 Å². The summed E-state index contributed by atoms with van der Waals surface area (Å²) in [4.78, 5) is 0. The van der Waals surface area contributed by atoms with Gasteiger partial charge in [-0.25, -0.2) is 0 Å². The Morgan fingerprint density at radius 2 is 1.67 bits per heavy atom. The Labute approximate surface area is 74.8 Å². The molecule has 0 saturated heterocycles. The predicted octanol–water partition coefficient (Wildman–Crippen LogP) is 2.65. The summed E-state index contributed by atoms with van der Waals surface area (Å²) in [5.41, 5.74) is 1.32. The average Bonchev–Trinajstić information content (AvgIpc) is 2.03. The molecule has 60 valence electrons. The van der Waals surface area contributed by atoms with Crippen molar-refractivity contribution < 1.29 is 0 Å². The molecule has 0 heterocycles. The molecule has 1 unspecified atom stereocenters.